The van der Waals surface area contributed by atoms with E-state index in [-0.39, 0.29) is 0 Å². The van der Waals surface area contributed by atoms with Crippen molar-refractivity contribution in [2.45, 2.75) is 5.33 Å². The van der Waals surface area contributed by atoms with Crippen LogP contribution < -0.4 is 0 Å². The maximum absolute atomic E-state index is 8.50. The third-order valence-electron chi connectivity index (χ3n) is 0.899. The van der Waals surface area contributed by atoms with E-state index in [4.69, 9.17) is 16.9 Å². The molecule has 0 atom stereocenters. The quantitative estimate of drug-likeness (QED) is 0.704. The van der Waals surface area contributed by atoms with Gasteiger partial charge in [0, 0.05) is 5.33 Å². The minimum Gasteiger partial charge on any atom is -0.228 e. The molecule has 10 heavy (non-hydrogen) atoms. The van der Waals surface area contributed by atoms with Gasteiger partial charge >= 0.3 is 0 Å². The van der Waals surface area contributed by atoms with Gasteiger partial charge in [0.15, 0.2) is 4.47 Å². The molecule has 0 radical (unpaired) electrons. The van der Waals surface area contributed by atoms with E-state index in [1.807, 2.05) is 6.07 Å². The molecule has 0 aromatic carbocycles. The Morgan fingerprint density at radius 1 is 1.80 bits per heavy atom. The lowest BCUT2D eigenvalue weighted by atomic mass is 10.4. The Balaban J connectivity index is 3.12. The Bertz CT molecular complexity index is 278. The lowest BCUT2D eigenvalue weighted by Crippen LogP contribution is -1.78. The number of alkyl halides is 1. The Morgan fingerprint density at radius 3 is 2.90 bits per heavy atom. The lowest BCUT2D eigenvalue weighted by Gasteiger charge is -1.82. The van der Waals surface area contributed by atoms with Gasteiger partial charge < -0.3 is 0 Å². The predicted octanol–water partition coefficient (Wildman–Crippen LogP) is 2.56. The van der Waals surface area contributed by atoms with Gasteiger partial charge in [-0.3, -0.25) is 0 Å². The Morgan fingerprint density at radius 2 is 2.50 bits per heavy atom. The van der Waals surface area contributed by atoms with Gasteiger partial charge in [-0.25, -0.2) is 4.98 Å². The third kappa shape index (κ3) is 1.48. The van der Waals surface area contributed by atoms with E-state index >= 15 is 0 Å². The second-order valence-electron chi connectivity index (χ2n) is 1.49. The standard InChI is InChI=1S/C5H2BrClN2S/c6-1-3-4(2-8)10-5(7)9-3/h1H2. The molecule has 1 rings (SSSR count). The van der Waals surface area contributed by atoms with Gasteiger partial charge in [0.2, 0.25) is 0 Å². The Labute approximate surface area is 75.6 Å². The van der Waals surface area contributed by atoms with Crippen molar-refractivity contribution in [2.75, 3.05) is 0 Å². The van der Waals surface area contributed by atoms with Crippen molar-refractivity contribution in [1.29, 1.82) is 5.26 Å². The molecule has 0 spiro atoms. The number of thiazole rings is 1. The second-order valence-corrected chi connectivity index (χ2v) is 3.63. The topological polar surface area (TPSA) is 36.7 Å². The molecule has 0 saturated heterocycles. The van der Waals surface area contributed by atoms with Crippen molar-refractivity contribution in [3.05, 3.63) is 15.0 Å². The summed E-state index contributed by atoms with van der Waals surface area (Å²) in [6.07, 6.45) is 0. The molecule has 0 saturated carbocycles. The molecule has 0 aliphatic heterocycles. The van der Waals surface area contributed by atoms with E-state index in [0.29, 0.717) is 14.7 Å². The first-order valence-electron chi connectivity index (χ1n) is 2.39. The summed E-state index contributed by atoms with van der Waals surface area (Å²) in [6.45, 7) is 0. The van der Waals surface area contributed by atoms with E-state index in [2.05, 4.69) is 20.9 Å². The summed E-state index contributed by atoms with van der Waals surface area (Å²) in [4.78, 5) is 4.50. The molecule has 1 aromatic heterocycles. The van der Waals surface area contributed by atoms with Crippen molar-refractivity contribution in [3.63, 3.8) is 0 Å². The summed E-state index contributed by atoms with van der Waals surface area (Å²) in [5, 5.41) is 9.09. The molecule has 52 valence electrons. The van der Waals surface area contributed by atoms with Gasteiger partial charge in [-0.2, -0.15) is 5.26 Å². The molecular weight excluding hydrogens is 235 g/mol. The number of hydrogen-bond donors (Lipinski definition) is 0. The average molecular weight is 238 g/mol. The number of rotatable bonds is 1. The maximum Gasteiger partial charge on any atom is 0.185 e. The number of nitrogens with zero attached hydrogens (tertiary/aromatic N) is 2. The summed E-state index contributed by atoms with van der Waals surface area (Å²) in [5.41, 5.74) is 0.720. The predicted molar refractivity (Wildman–Crippen MR) is 44.5 cm³/mol. The van der Waals surface area contributed by atoms with E-state index < -0.39 is 0 Å². The van der Waals surface area contributed by atoms with Crippen LogP contribution in [0.1, 0.15) is 10.6 Å². The van der Waals surface area contributed by atoms with Gasteiger partial charge in [0.25, 0.3) is 0 Å². The number of nitriles is 1. The summed E-state index contributed by atoms with van der Waals surface area (Å²) < 4.78 is 0.422. The molecule has 0 unspecified atom stereocenters. The van der Waals surface area contributed by atoms with Gasteiger partial charge in [-0.05, 0) is 0 Å². The highest BCUT2D eigenvalue weighted by atomic mass is 79.9. The zero-order valence-electron chi connectivity index (χ0n) is 4.77. The first-order chi connectivity index (χ1) is 4.77. The van der Waals surface area contributed by atoms with Crippen molar-refractivity contribution in [2.24, 2.45) is 0 Å². The molecule has 0 amide bonds. The highest BCUT2D eigenvalue weighted by Gasteiger charge is 2.06. The fraction of sp³-hybridized carbons (Fsp3) is 0.200. The summed E-state index contributed by atoms with van der Waals surface area (Å²) in [5.74, 6) is 0. The van der Waals surface area contributed by atoms with Crippen LogP contribution in [0.25, 0.3) is 0 Å². The molecule has 1 aromatic rings. The first-order valence-corrected chi connectivity index (χ1v) is 4.70. The third-order valence-corrected chi connectivity index (χ3v) is 2.54. The molecular formula is C5H2BrClN2S. The van der Waals surface area contributed by atoms with Crippen LogP contribution in [-0.2, 0) is 5.33 Å². The number of halogens is 2. The molecule has 0 bridgehead atoms. The average Bonchev–Trinajstić information content (AvgIpc) is 2.30. The first kappa shape index (κ1) is 7.99. The van der Waals surface area contributed by atoms with Gasteiger partial charge in [0.1, 0.15) is 10.9 Å². The molecule has 1 heterocycles. The molecule has 0 aliphatic rings. The lowest BCUT2D eigenvalue weighted by molar-refractivity contribution is 1.23. The number of hydrogen-bond acceptors (Lipinski definition) is 3. The van der Waals surface area contributed by atoms with Gasteiger partial charge in [0.05, 0.1) is 5.69 Å². The van der Waals surface area contributed by atoms with E-state index in [1.54, 1.807) is 0 Å². The van der Waals surface area contributed by atoms with Crippen LogP contribution in [0, 0.1) is 11.3 Å². The van der Waals surface area contributed by atoms with E-state index in [9.17, 15) is 0 Å². The molecule has 2 nitrogen and oxygen atoms in total. The highest BCUT2D eigenvalue weighted by molar-refractivity contribution is 9.08. The van der Waals surface area contributed by atoms with E-state index in [1.165, 1.54) is 11.3 Å². The maximum atomic E-state index is 8.50. The fourth-order valence-electron chi connectivity index (χ4n) is 0.501. The smallest absolute Gasteiger partial charge is 0.185 e. The van der Waals surface area contributed by atoms with Crippen LogP contribution in [0.3, 0.4) is 0 Å². The van der Waals surface area contributed by atoms with Crippen LogP contribution in [0.15, 0.2) is 0 Å². The second kappa shape index (κ2) is 3.33. The van der Waals surface area contributed by atoms with E-state index in [0.717, 1.165) is 5.69 Å². The van der Waals surface area contributed by atoms with Crippen LogP contribution in [-0.4, -0.2) is 4.98 Å². The van der Waals surface area contributed by atoms with Crippen LogP contribution >= 0.6 is 38.9 Å². The molecule has 5 heteroatoms. The van der Waals surface area contributed by atoms with Gasteiger partial charge in [-0.1, -0.05) is 38.9 Å². The summed E-state index contributed by atoms with van der Waals surface area (Å²) >= 11 is 9.96. The summed E-state index contributed by atoms with van der Waals surface area (Å²) in [7, 11) is 0. The SMILES string of the molecule is N#Cc1sc(Cl)nc1CBr. The van der Waals surface area contributed by atoms with Crippen molar-refractivity contribution >= 4 is 38.9 Å². The fourth-order valence-corrected chi connectivity index (χ4v) is 2.03. The zero-order chi connectivity index (χ0) is 7.56. The van der Waals surface area contributed by atoms with Crippen LogP contribution in [0.5, 0.6) is 0 Å². The van der Waals surface area contributed by atoms with Crippen molar-refractivity contribution in [1.82, 2.24) is 4.98 Å². The van der Waals surface area contributed by atoms with Crippen molar-refractivity contribution < 1.29 is 0 Å². The molecule has 0 aliphatic carbocycles. The van der Waals surface area contributed by atoms with Crippen LogP contribution in [0.2, 0.25) is 4.47 Å². The van der Waals surface area contributed by atoms with Crippen LogP contribution in [0.4, 0.5) is 0 Å². The largest absolute Gasteiger partial charge is 0.228 e. The zero-order valence-corrected chi connectivity index (χ0v) is 7.92. The minimum atomic E-state index is 0.422. The Kier molecular flexibility index (Phi) is 2.66. The Hall–Kier alpha value is -0.110. The normalized spacial score (nSPS) is 9.30. The van der Waals surface area contributed by atoms with Crippen molar-refractivity contribution in [3.8, 4) is 6.07 Å². The highest BCUT2D eigenvalue weighted by Crippen LogP contribution is 2.23. The van der Waals surface area contributed by atoms with Gasteiger partial charge in [-0.15, -0.1) is 0 Å². The molecule has 0 fully saturated rings. The minimum absolute atomic E-state index is 0.422. The monoisotopic (exact) mass is 236 g/mol. The summed E-state index contributed by atoms with van der Waals surface area (Å²) in [6, 6.07) is 2.01. The number of aromatic nitrogens is 1. The molecule has 0 N–H and O–H groups in total.